The number of benzene rings is 1. The van der Waals surface area contributed by atoms with Gasteiger partial charge in [0.1, 0.15) is 5.69 Å². The molecule has 1 saturated carbocycles. The number of nitrogens with zero attached hydrogens (tertiary/aromatic N) is 2. The first kappa shape index (κ1) is 13.6. The molecule has 1 aliphatic carbocycles. The molecule has 1 aromatic heterocycles. The van der Waals surface area contributed by atoms with Gasteiger partial charge in [-0.3, -0.25) is 9.48 Å². The zero-order valence-electron chi connectivity index (χ0n) is 11.6. The van der Waals surface area contributed by atoms with E-state index in [2.05, 4.69) is 33.2 Å². The standard InChI is InChI=1S/C16H17BrN2O/c1-11(2)19-14(13(17)10-18-19)15(20)16(8-9-16)12-6-4-3-5-7-12/h3-7,10-11H,8-9H2,1-2H3. The van der Waals surface area contributed by atoms with Gasteiger partial charge in [-0.2, -0.15) is 5.10 Å². The number of hydrogen-bond acceptors (Lipinski definition) is 2. The molecular weight excluding hydrogens is 316 g/mol. The molecule has 0 aliphatic heterocycles. The Morgan fingerprint density at radius 3 is 2.50 bits per heavy atom. The third-order valence-electron chi connectivity index (χ3n) is 3.97. The normalized spacial score (nSPS) is 16.4. The van der Waals surface area contributed by atoms with Crippen LogP contribution in [0.15, 0.2) is 41.0 Å². The van der Waals surface area contributed by atoms with Crippen LogP contribution in [0.2, 0.25) is 0 Å². The average molecular weight is 333 g/mol. The summed E-state index contributed by atoms with van der Waals surface area (Å²) >= 11 is 3.47. The molecule has 1 aromatic carbocycles. The van der Waals surface area contributed by atoms with Gasteiger partial charge in [0.05, 0.1) is 16.1 Å². The SMILES string of the molecule is CC(C)n1ncc(Br)c1C(=O)C1(c2ccccc2)CC1. The maximum atomic E-state index is 13.0. The van der Waals surface area contributed by atoms with Crippen molar-refractivity contribution in [2.24, 2.45) is 0 Å². The summed E-state index contributed by atoms with van der Waals surface area (Å²) in [6.07, 6.45) is 3.56. The Hall–Kier alpha value is -1.42. The van der Waals surface area contributed by atoms with Crippen molar-refractivity contribution in [3.05, 3.63) is 52.3 Å². The highest BCUT2D eigenvalue weighted by molar-refractivity contribution is 9.10. The molecular formula is C16H17BrN2O. The molecule has 0 N–H and O–H groups in total. The van der Waals surface area contributed by atoms with E-state index in [0.717, 1.165) is 22.9 Å². The molecule has 1 fully saturated rings. The van der Waals surface area contributed by atoms with Crippen molar-refractivity contribution in [2.75, 3.05) is 0 Å². The van der Waals surface area contributed by atoms with Gasteiger partial charge in [-0.25, -0.2) is 0 Å². The Morgan fingerprint density at radius 1 is 1.30 bits per heavy atom. The summed E-state index contributed by atoms with van der Waals surface area (Å²) in [5.41, 5.74) is 1.48. The molecule has 1 aliphatic rings. The molecule has 4 heteroatoms. The molecule has 0 radical (unpaired) electrons. The lowest BCUT2D eigenvalue weighted by molar-refractivity contribution is 0.0932. The quantitative estimate of drug-likeness (QED) is 0.788. The summed E-state index contributed by atoms with van der Waals surface area (Å²) < 4.78 is 2.61. The summed E-state index contributed by atoms with van der Waals surface area (Å²) in [6.45, 7) is 4.08. The van der Waals surface area contributed by atoms with Gasteiger partial charge in [-0.05, 0) is 48.2 Å². The molecule has 0 bridgehead atoms. The molecule has 3 rings (SSSR count). The van der Waals surface area contributed by atoms with Gasteiger partial charge >= 0.3 is 0 Å². The Balaban J connectivity index is 2.04. The number of carbonyl (C=O) groups is 1. The van der Waals surface area contributed by atoms with Crippen LogP contribution in [0.3, 0.4) is 0 Å². The van der Waals surface area contributed by atoms with Crippen molar-refractivity contribution in [1.82, 2.24) is 9.78 Å². The van der Waals surface area contributed by atoms with Crippen LogP contribution in [0.5, 0.6) is 0 Å². The monoisotopic (exact) mass is 332 g/mol. The van der Waals surface area contributed by atoms with Gasteiger partial charge in [0, 0.05) is 6.04 Å². The fourth-order valence-corrected chi connectivity index (χ4v) is 3.15. The first-order valence-corrected chi connectivity index (χ1v) is 7.69. The van der Waals surface area contributed by atoms with E-state index in [-0.39, 0.29) is 17.2 Å². The maximum Gasteiger partial charge on any atom is 0.192 e. The van der Waals surface area contributed by atoms with E-state index in [1.807, 2.05) is 36.7 Å². The number of hydrogen-bond donors (Lipinski definition) is 0. The van der Waals surface area contributed by atoms with Crippen LogP contribution in [0.4, 0.5) is 0 Å². The van der Waals surface area contributed by atoms with Crippen LogP contribution in [-0.4, -0.2) is 15.6 Å². The fourth-order valence-electron chi connectivity index (χ4n) is 2.70. The molecule has 0 amide bonds. The summed E-state index contributed by atoms with van der Waals surface area (Å²) in [5, 5.41) is 4.32. The number of rotatable bonds is 4. The minimum Gasteiger partial charge on any atom is -0.291 e. The van der Waals surface area contributed by atoms with Gasteiger partial charge in [0.15, 0.2) is 5.78 Å². The van der Waals surface area contributed by atoms with E-state index < -0.39 is 0 Å². The topological polar surface area (TPSA) is 34.9 Å². The van der Waals surface area contributed by atoms with Crippen LogP contribution < -0.4 is 0 Å². The van der Waals surface area contributed by atoms with E-state index in [4.69, 9.17) is 0 Å². The van der Waals surface area contributed by atoms with Gasteiger partial charge in [-0.15, -0.1) is 0 Å². The first-order chi connectivity index (χ1) is 9.56. The number of Topliss-reactive ketones (excluding diaryl/α,β-unsaturated/α-hetero) is 1. The van der Waals surface area contributed by atoms with E-state index in [9.17, 15) is 4.79 Å². The lowest BCUT2D eigenvalue weighted by atomic mass is 9.89. The van der Waals surface area contributed by atoms with Gasteiger partial charge < -0.3 is 0 Å². The van der Waals surface area contributed by atoms with E-state index in [1.54, 1.807) is 6.20 Å². The molecule has 3 nitrogen and oxygen atoms in total. The second kappa shape index (κ2) is 4.85. The number of ketones is 1. The molecule has 0 spiro atoms. The third kappa shape index (κ3) is 2.03. The van der Waals surface area contributed by atoms with Crippen molar-refractivity contribution in [3.8, 4) is 0 Å². The van der Waals surface area contributed by atoms with Crippen molar-refractivity contribution in [2.45, 2.75) is 38.1 Å². The van der Waals surface area contributed by atoms with Gasteiger partial charge in [0.2, 0.25) is 0 Å². The Labute approximate surface area is 127 Å². The van der Waals surface area contributed by atoms with Crippen molar-refractivity contribution in [3.63, 3.8) is 0 Å². The third-order valence-corrected chi connectivity index (χ3v) is 4.55. The van der Waals surface area contributed by atoms with E-state index >= 15 is 0 Å². The molecule has 20 heavy (non-hydrogen) atoms. The Kier molecular flexibility index (Phi) is 3.28. The lowest BCUT2D eigenvalue weighted by Crippen LogP contribution is -2.25. The van der Waals surface area contributed by atoms with E-state index in [0.29, 0.717) is 5.69 Å². The van der Waals surface area contributed by atoms with Crippen LogP contribution in [0.25, 0.3) is 0 Å². The van der Waals surface area contributed by atoms with Crippen molar-refractivity contribution < 1.29 is 4.79 Å². The Bertz CT molecular complexity index is 642. The average Bonchev–Trinajstić information content (AvgIpc) is 3.17. The predicted octanol–water partition coefficient (Wildman–Crippen LogP) is 4.14. The molecule has 104 valence electrons. The molecule has 0 atom stereocenters. The zero-order valence-corrected chi connectivity index (χ0v) is 13.2. The highest BCUT2D eigenvalue weighted by Gasteiger charge is 2.52. The van der Waals surface area contributed by atoms with E-state index in [1.165, 1.54) is 0 Å². The van der Waals surface area contributed by atoms with Crippen LogP contribution in [-0.2, 0) is 5.41 Å². The predicted molar refractivity (Wildman–Crippen MR) is 82.0 cm³/mol. The fraction of sp³-hybridized carbons (Fsp3) is 0.375. The van der Waals surface area contributed by atoms with Crippen LogP contribution >= 0.6 is 15.9 Å². The highest BCUT2D eigenvalue weighted by Crippen LogP contribution is 2.51. The Morgan fingerprint density at radius 2 is 1.95 bits per heavy atom. The molecule has 1 heterocycles. The van der Waals surface area contributed by atoms with Crippen LogP contribution in [0.1, 0.15) is 48.8 Å². The number of carbonyl (C=O) groups excluding carboxylic acids is 1. The van der Waals surface area contributed by atoms with Gasteiger partial charge in [-0.1, -0.05) is 30.3 Å². The van der Waals surface area contributed by atoms with Crippen LogP contribution in [0, 0.1) is 0 Å². The first-order valence-electron chi connectivity index (χ1n) is 6.89. The van der Waals surface area contributed by atoms with Crippen molar-refractivity contribution in [1.29, 1.82) is 0 Å². The minimum atomic E-state index is -0.337. The number of aromatic nitrogens is 2. The maximum absolute atomic E-state index is 13.0. The molecule has 2 aromatic rings. The largest absolute Gasteiger partial charge is 0.291 e. The summed E-state index contributed by atoms with van der Waals surface area (Å²) in [6, 6.07) is 10.3. The second-order valence-electron chi connectivity index (χ2n) is 5.66. The summed E-state index contributed by atoms with van der Waals surface area (Å²) in [7, 11) is 0. The summed E-state index contributed by atoms with van der Waals surface area (Å²) in [4.78, 5) is 13.0. The lowest BCUT2D eigenvalue weighted by Gasteiger charge is -2.17. The van der Waals surface area contributed by atoms with Crippen molar-refractivity contribution >= 4 is 21.7 Å². The highest BCUT2D eigenvalue weighted by atomic mass is 79.9. The summed E-state index contributed by atoms with van der Waals surface area (Å²) in [5.74, 6) is 0.182. The second-order valence-corrected chi connectivity index (χ2v) is 6.51. The van der Waals surface area contributed by atoms with Gasteiger partial charge in [0.25, 0.3) is 0 Å². The number of halogens is 1. The minimum absolute atomic E-state index is 0.173. The smallest absolute Gasteiger partial charge is 0.192 e. The molecule has 0 saturated heterocycles. The zero-order chi connectivity index (χ0) is 14.3. The molecule has 0 unspecified atom stereocenters.